The molecule has 2 heterocycles. The lowest BCUT2D eigenvalue weighted by atomic mass is 10.0. The largest absolute Gasteiger partial charge is 0.469 e. The van der Waals surface area contributed by atoms with E-state index in [0.717, 1.165) is 18.9 Å². The maximum Gasteiger partial charge on any atom is 0.469 e. The molecule has 1 aromatic heterocycles. The quantitative estimate of drug-likeness (QED) is 0.0275. The number of carbonyl (C=O) groups excluding carboxylic acids is 6. The molecule has 344 valence electrons. The van der Waals surface area contributed by atoms with Crippen LogP contribution in [-0.2, 0) is 55.7 Å². The molecule has 0 bridgehead atoms. The molecule has 9 N–H and O–H groups in total. The van der Waals surface area contributed by atoms with Crippen LogP contribution in [0.15, 0.2) is 48.0 Å². The summed E-state index contributed by atoms with van der Waals surface area (Å²) in [6, 6.07) is 3.06. The third-order valence-corrected chi connectivity index (χ3v) is 10.8. The summed E-state index contributed by atoms with van der Waals surface area (Å²) in [5.41, 5.74) is 6.99. The monoisotopic (exact) mass is 891 g/mol. The number of carbonyl (C=O) groups is 6. The van der Waals surface area contributed by atoms with E-state index in [0.29, 0.717) is 51.1 Å². The van der Waals surface area contributed by atoms with Crippen molar-refractivity contribution >= 4 is 49.5 Å². The number of phosphoric acid groups is 1. The minimum absolute atomic E-state index is 0.0923. The van der Waals surface area contributed by atoms with Gasteiger partial charge in [-0.25, -0.2) is 9.55 Å². The number of aromatic nitrogens is 2. The highest BCUT2D eigenvalue weighted by atomic mass is 31.2. The molecule has 0 spiro atoms. The van der Waals surface area contributed by atoms with Gasteiger partial charge in [-0.05, 0) is 56.9 Å². The van der Waals surface area contributed by atoms with Gasteiger partial charge in [0.2, 0.25) is 35.4 Å². The molecule has 7 atom stereocenters. The SMILES string of the molecule is CC(=O)N1CCC[C@H]1C(=O)N[C@@H](CC(C)C)C(=O)N[C@@H](Cc1cncn1CCCCCO/N=C/C(C)c1ccccc1)C(=O)N[C@@H](CO)C(=O)N[C@H](C(N)=O)[C@@H](C)OP(=O)(O)O. The van der Waals surface area contributed by atoms with Gasteiger partial charge < -0.3 is 56.2 Å². The first-order chi connectivity index (χ1) is 29.3. The van der Waals surface area contributed by atoms with Crippen LogP contribution in [0, 0.1) is 5.92 Å². The first-order valence-electron chi connectivity index (χ1n) is 20.6. The van der Waals surface area contributed by atoms with E-state index in [1.54, 1.807) is 17.1 Å². The normalized spacial score (nSPS) is 17.1. The van der Waals surface area contributed by atoms with Crippen molar-refractivity contribution in [2.75, 3.05) is 19.8 Å². The highest BCUT2D eigenvalue weighted by Crippen LogP contribution is 2.38. The van der Waals surface area contributed by atoms with Crippen LogP contribution in [-0.4, -0.2) is 127 Å². The Labute approximate surface area is 361 Å². The molecule has 1 unspecified atom stereocenters. The van der Waals surface area contributed by atoms with E-state index in [1.807, 2.05) is 51.1 Å². The molecule has 0 radical (unpaired) electrons. The standard InChI is InChI=1S/C40H62N9O12P/c1-25(2)19-31(45-40(56)34-15-12-17-49(34)28(5)51)37(53)44-32(38(54)46-33(23-50)39(55)47-35(36(41)52)27(4)61-62(57,58)59)20-30-22-42-24-48(30)16-10-7-11-18-60-43-21-26(3)29-13-8-6-9-14-29/h6,8-9,13-14,21-22,24-27,31-35,50H,7,10-12,15-20,23H2,1-5H3,(H2,41,52)(H,44,53)(H,45,56)(H,46,54)(H,47,55)(H2,57,58,59)/b43-21+/t26?,27-,31+,32+,33+,34+,35+/m1/s1. The summed E-state index contributed by atoms with van der Waals surface area (Å²) in [4.78, 5) is 109. The van der Waals surface area contributed by atoms with Crippen LogP contribution in [0.25, 0.3) is 0 Å². The topological polar surface area (TPSA) is 306 Å². The second-order valence-electron chi connectivity index (χ2n) is 15.7. The number of nitrogens with two attached hydrogens (primary N) is 1. The van der Waals surface area contributed by atoms with Gasteiger partial charge in [0.25, 0.3) is 0 Å². The summed E-state index contributed by atoms with van der Waals surface area (Å²) in [6.07, 6.45) is 6.41. The summed E-state index contributed by atoms with van der Waals surface area (Å²) in [6.45, 7) is 8.42. The lowest BCUT2D eigenvalue weighted by molar-refractivity contribution is -0.139. The van der Waals surface area contributed by atoms with Gasteiger partial charge in [0.15, 0.2) is 0 Å². The Bertz CT molecular complexity index is 1870. The predicted molar refractivity (Wildman–Crippen MR) is 226 cm³/mol. The van der Waals surface area contributed by atoms with E-state index in [9.17, 15) is 48.2 Å². The fourth-order valence-electron chi connectivity index (χ4n) is 6.87. The highest BCUT2D eigenvalue weighted by Gasteiger charge is 2.37. The zero-order chi connectivity index (χ0) is 46.0. The molecule has 1 aromatic carbocycles. The smallest absolute Gasteiger partial charge is 0.396 e. The van der Waals surface area contributed by atoms with E-state index >= 15 is 0 Å². The molecule has 22 heteroatoms. The fourth-order valence-corrected chi connectivity index (χ4v) is 7.42. The maximum atomic E-state index is 14.0. The third-order valence-electron chi connectivity index (χ3n) is 10.2. The number of rotatable bonds is 26. The predicted octanol–water partition coefficient (Wildman–Crippen LogP) is 0.374. The Morgan fingerprint density at radius 2 is 1.61 bits per heavy atom. The molecule has 21 nitrogen and oxygen atoms in total. The number of benzene rings is 1. The Morgan fingerprint density at radius 3 is 2.24 bits per heavy atom. The number of unbranched alkanes of at least 4 members (excludes halogenated alkanes) is 2. The van der Waals surface area contributed by atoms with Crippen LogP contribution in [0.2, 0.25) is 0 Å². The molecule has 1 aliphatic heterocycles. The number of primary amides is 1. The number of hydrogen-bond acceptors (Lipinski definition) is 12. The molecule has 1 fully saturated rings. The zero-order valence-corrected chi connectivity index (χ0v) is 36.7. The molecule has 1 aliphatic rings. The molecule has 0 saturated carbocycles. The van der Waals surface area contributed by atoms with Crippen molar-refractivity contribution in [3.63, 3.8) is 0 Å². The van der Waals surface area contributed by atoms with Crippen molar-refractivity contribution in [2.24, 2.45) is 16.8 Å². The van der Waals surface area contributed by atoms with Crippen LogP contribution < -0.4 is 27.0 Å². The maximum absolute atomic E-state index is 14.0. The first kappa shape index (κ1) is 51.1. The number of aryl methyl sites for hydroxylation is 1. The molecule has 62 heavy (non-hydrogen) atoms. The Kier molecular flexibility index (Phi) is 20.7. The van der Waals surface area contributed by atoms with Crippen molar-refractivity contribution in [3.05, 3.63) is 54.1 Å². The fraction of sp³-hybridized carbons (Fsp3) is 0.600. The molecule has 2 aromatic rings. The van der Waals surface area contributed by atoms with Crippen molar-refractivity contribution in [2.45, 2.75) is 128 Å². The second kappa shape index (κ2) is 25.0. The molecule has 1 saturated heterocycles. The number of nitrogens with zero attached hydrogens (tertiary/aromatic N) is 4. The van der Waals surface area contributed by atoms with E-state index in [2.05, 4.69) is 35.9 Å². The number of amides is 6. The number of aliphatic hydroxyl groups is 1. The van der Waals surface area contributed by atoms with E-state index < -0.39 is 80.3 Å². The van der Waals surface area contributed by atoms with Crippen molar-refractivity contribution in [1.82, 2.24) is 35.7 Å². The van der Waals surface area contributed by atoms with Crippen molar-refractivity contribution in [3.8, 4) is 0 Å². The molecular formula is C40H62N9O12P. The molecular weight excluding hydrogens is 829 g/mol. The average Bonchev–Trinajstić information content (AvgIpc) is 3.89. The number of hydrogen-bond donors (Lipinski definition) is 8. The summed E-state index contributed by atoms with van der Waals surface area (Å²) < 4.78 is 17.7. The van der Waals surface area contributed by atoms with Gasteiger partial charge in [-0.2, -0.15) is 0 Å². The number of phosphoric ester groups is 1. The minimum atomic E-state index is -5.12. The van der Waals surface area contributed by atoms with Gasteiger partial charge >= 0.3 is 7.82 Å². The minimum Gasteiger partial charge on any atom is -0.396 e. The highest BCUT2D eigenvalue weighted by molar-refractivity contribution is 7.46. The van der Waals surface area contributed by atoms with Gasteiger partial charge in [-0.15, -0.1) is 0 Å². The van der Waals surface area contributed by atoms with Gasteiger partial charge in [0, 0.05) is 44.2 Å². The van der Waals surface area contributed by atoms with Gasteiger partial charge in [-0.3, -0.25) is 33.3 Å². The Morgan fingerprint density at radius 1 is 0.952 bits per heavy atom. The number of likely N-dealkylation sites (tertiary alicyclic amines) is 1. The lowest BCUT2D eigenvalue weighted by Crippen LogP contribution is -2.61. The summed E-state index contributed by atoms with van der Waals surface area (Å²) in [5, 5.41) is 24.2. The number of nitrogens with one attached hydrogen (secondary N) is 4. The van der Waals surface area contributed by atoms with Crippen LogP contribution in [0.1, 0.15) is 90.3 Å². The van der Waals surface area contributed by atoms with E-state index in [1.165, 1.54) is 18.0 Å². The third kappa shape index (κ3) is 16.9. The summed E-state index contributed by atoms with van der Waals surface area (Å²) in [5.74, 6) is -4.85. The van der Waals surface area contributed by atoms with Crippen LogP contribution >= 0.6 is 7.82 Å². The average molecular weight is 892 g/mol. The summed E-state index contributed by atoms with van der Waals surface area (Å²) >= 11 is 0. The van der Waals surface area contributed by atoms with Crippen LogP contribution in [0.5, 0.6) is 0 Å². The summed E-state index contributed by atoms with van der Waals surface area (Å²) in [7, 11) is -5.12. The van der Waals surface area contributed by atoms with Gasteiger partial charge in [-0.1, -0.05) is 56.3 Å². The number of oxime groups is 1. The van der Waals surface area contributed by atoms with Crippen LogP contribution in [0.4, 0.5) is 0 Å². The number of aliphatic hydroxyl groups excluding tert-OH is 1. The van der Waals surface area contributed by atoms with Crippen molar-refractivity contribution in [1.29, 1.82) is 0 Å². The van der Waals surface area contributed by atoms with E-state index in [-0.39, 0.29) is 30.6 Å². The molecule has 0 aliphatic carbocycles. The molecule has 6 amide bonds. The Balaban J connectivity index is 1.76. The molecule has 3 rings (SSSR count). The number of imidazole rings is 1. The van der Waals surface area contributed by atoms with Crippen molar-refractivity contribution < 1.29 is 57.6 Å². The first-order valence-corrected chi connectivity index (χ1v) is 22.2. The second-order valence-corrected chi connectivity index (χ2v) is 16.9. The van der Waals surface area contributed by atoms with Crippen LogP contribution in [0.3, 0.4) is 0 Å². The Hall–Kier alpha value is -5.21. The van der Waals surface area contributed by atoms with E-state index in [4.69, 9.17) is 10.6 Å². The van der Waals surface area contributed by atoms with Gasteiger partial charge in [0.1, 0.15) is 36.8 Å². The lowest BCUT2D eigenvalue weighted by Gasteiger charge is -2.28. The van der Waals surface area contributed by atoms with Gasteiger partial charge in [0.05, 0.1) is 25.3 Å². The zero-order valence-electron chi connectivity index (χ0n) is 35.8.